The van der Waals surface area contributed by atoms with E-state index in [-0.39, 0.29) is 6.61 Å². The van der Waals surface area contributed by atoms with Crippen LogP contribution < -0.4 is 5.32 Å². The number of aromatic nitrogens is 1. The molecule has 5 heteroatoms. The van der Waals surface area contributed by atoms with Gasteiger partial charge in [0, 0.05) is 19.9 Å². The van der Waals surface area contributed by atoms with Crippen LogP contribution in [-0.2, 0) is 22.5 Å². The summed E-state index contributed by atoms with van der Waals surface area (Å²) in [6, 6.07) is 3.18. The highest BCUT2D eigenvalue weighted by Crippen LogP contribution is 2.06. The molecule has 1 heterocycles. The maximum absolute atomic E-state index is 10.9. The Morgan fingerprint density at radius 2 is 2.41 bits per heavy atom. The van der Waals surface area contributed by atoms with Gasteiger partial charge in [-0.05, 0) is 18.1 Å². The molecule has 94 valence electrons. The molecule has 0 aliphatic carbocycles. The number of ether oxygens (including phenoxy) is 1. The van der Waals surface area contributed by atoms with Gasteiger partial charge in [0.1, 0.15) is 6.04 Å². The van der Waals surface area contributed by atoms with E-state index in [1.165, 1.54) is 7.11 Å². The number of carboxylic acids is 1. The third-order valence-electron chi connectivity index (χ3n) is 2.51. The van der Waals surface area contributed by atoms with E-state index in [9.17, 15) is 4.79 Å². The fourth-order valence-corrected chi connectivity index (χ4v) is 1.56. The summed E-state index contributed by atoms with van der Waals surface area (Å²) in [5.74, 6) is -0.916. The molecule has 0 aliphatic heterocycles. The van der Waals surface area contributed by atoms with Crippen LogP contribution in [-0.4, -0.2) is 35.8 Å². The summed E-state index contributed by atoms with van der Waals surface area (Å²) in [5, 5.41) is 11.9. The summed E-state index contributed by atoms with van der Waals surface area (Å²) in [7, 11) is 1.48. The number of carbonyl (C=O) groups is 1. The van der Waals surface area contributed by atoms with Crippen molar-refractivity contribution in [3.63, 3.8) is 0 Å². The Morgan fingerprint density at radius 3 is 3.00 bits per heavy atom. The molecule has 2 N–H and O–H groups in total. The molecular weight excluding hydrogens is 220 g/mol. The van der Waals surface area contributed by atoms with E-state index < -0.39 is 12.0 Å². The molecule has 0 aliphatic rings. The normalized spacial score (nSPS) is 12.4. The topological polar surface area (TPSA) is 71.5 Å². The van der Waals surface area contributed by atoms with Crippen LogP contribution in [0.5, 0.6) is 0 Å². The molecule has 0 radical (unpaired) electrons. The van der Waals surface area contributed by atoms with Gasteiger partial charge in [0.15, 0.2) is 0 Å². The summed E-state index contributed by atoms with van der Waals surface area (Å²) in [4.78, 5) is 15.1. The first kappa shape index (κ1) is 13.6. The number of pyridine rings is 1. The number of hydrogen-bond donors (Lipinski definition) is 2. The minimum atomic E-state index is -0.916. The lowest BCUT2D eigenvalue weighted by Gasteiger charge is -2.14. The Hall–Kier alpha value is -1.46. The number of aliphatic carboxylic acids is 1. The van der Waals surface area contributed by atoms with Crippen molar-refractivity contribution in [2.24, 2.45) is 0 Å². The molecule has 17 heavy (non-hydrogen) atoms. The van der Waals surface area contributed by atoms with Crippen molar-refractivity contribution < 1.29 is 14.6 Å². The Balaban J connectivity index is 2.61. The molecule has 1 unspecified atom stereocenters. The molecular formula is C12H18N2O3. The largest absolute Gasteiger partial charge is 0.480 e. The number of hydrogen-bond acceptors (Lipinski definition) is 4. The summed E-state index contributed by atoms with van der Waals surface area (Å²) in [6.45, 7) is 2.62. The molecule has 1 rings (SSSR count). The quantitative estimate of drug-likeness (QED) is 0.736. The van der Waals surface area contributed by atoms with Crippen LogP contribution in [0.15, 0.2) is 18.3 Å². The smallest absolute Gasteiger partial charge is 0.323 e. The van der Waals surface area contributed by atoms with Gasteiger partial charge < -0.3 is 9.84 Å². The van der Waals surface area contributed by atoms with Gasteiger partial charge in [-0.25, -0.2) is 0 Å². The predicted molar refractivity (Wildman–Crippen MR) is 63.8 cm³/mol. The first-order valence-corrected chi connectivity index (χ1v) is 5.57. The molecule has 0 aromatic carbocycles. The van der Waals surface area contributed by atoms with E-state index >= 15 is 0 Å². The van der Waals surface area contributed by atoms with Crippen LogP contribution in [0.3, 0.4) is 0 Å². The fourth-order valence-electron chi connectivity index (χ4n) is 1.56. The first-order valence-electron chi connectivity index (χ1n) is 5.57. The molecule has 0 saturated carbocycles. The second-order valence-corrected chi connectivity index (χ2v) is 3.69. The highest BCUT2D eigenvalue weighted by molar-refractivity contribution is 5.73. The lowest BCUT2D eigenvalue weighted by Crippen LogP contribution is -2.40. The van der Waals surface area contributed by atoms with Crippen LogP contribution >= 0.6 is 0 Å². The lowest BCUT2D eigenvalue weighted by atomic mass is 10.1. The number of carboxylic acid groups (broad SMARTS) is 1. The van der Waals surface area contributed by atoms with Crippen molar-refractivity contribution in [3.8, 4) is 0 Å². The van der Waals surface area contributed by atoms with Gasteiger partial charge >= 0.3 is 5.97 Å². The SMILES string of the molecule is CCc1cccnc1CNC(COC)C(=O)O. The Morgan fingerprint density at radius 1 is 1.65 bits per heavy atom. The van der Waals surface area contributed by atoms with Crippen LogP contribution in [0.2, 0.25) is 0 Å². The first-order chi connectivity index (χ1) is 8.19. The predicted octanol–water partition coefficient (Wildman–Crippen LogP) is 0.833. The summed E-state index contributed by atoms with van der Waals surface area (Å²) >= 11 is 0. The minimum absolute atomic E-state index is 0.142. The second-order valence-electron chi connectivity index (χ2n) is 3.69. The molecule has 1 aromatic rings. The number of aryl methyl sites for hydroxylation is 1. The standard InChI is InChI=1S/C12H18N2O3/c1-3-9-5-4-6-13-10(9)7-14-11(8-17-2)12(15)16/h4-6,11,14H,3,7-8H2,1-2H3,(H,15,16). The van der Waals surface area contributed by atoms with Crippen molar-refractivity contribution in [1.29, 1.82) is 0 Å². The fraction of sp³-hybridized carbons (Fsp3) is 0.500. The molecule has 0 amide bonds. The van der Waals surface area contributed by atoms with E-state index in [1.54, 1.807) is 6.20 Å². The van der Waals surface area contributed by atoms with E-state index in [1.807, 2.05) is 19.1 Å². The van der Waals surface area contributed by atoms with Crippen molar-refractivity contribution in [3.05, 3.63) is 29.6 Å². The third kappa shape index (κ3) is 4.13. The summed E-state index contributed by atoms with van der Waals surface area (Å²) in [6.07, 6.45) is 2.59. The Bertz CT molecular complexity index is 369. The highest BCUT2D eigenvalue weighted by Gasteiger charge is 2.16. The second kappa shape index (κ2) is 6.98. The van der Waals surface area contributed by atoms with Gasteiger partial charge in [0.25, 0.3) is 0 Å². The Labute approximate surface area is 101 Å². The molecule has 0 spiro atoms. The molecule has 1 atom stereocenters. The van der Waals surface area contributed by atoms with Gasteiger partial charge in [-0.3, -0.25) is 15.1 Å². The monoisotopic (exact) mass is 238 g/mol. The highest BCUT2D eigenvalue weighted by atomic mass is 16.5. The van der Waals surface area contributed by atoms with Crippen molar-refractivity contribution in [1.82, 2.24) is 10.3 Å². The molecule has 5 nitrogen and oxygen atoms in total. The Kier molecular flexibility index (Phi) is 5.59. The zero-order valence-electron chi connectivity index (χ0n) is 10.1. The van der Waals surface area contributed by atoms with Crippen molar-refractivity contribution in [2.45, 2.75) is 25.9 Å². The maximum atomic E-state index is 10.9. The van der Waals surface area contributed by atoms with Gasteiger partial charge in [-0.15, -0.1) is 0 Å². The van der Waals surface area contributed by atoms with Crippen molar-refractivity contribution in [2.75, 3.05) is 13.7 Å². The van der Waals surface area contributed by atoms with E-state index in [4.69, 9.17) is 9.84 Å². The van der Waals surface area contributed by atoms with E-state index in [0.717, 1.165) is 17.7 Å². The molecule has 0 bridgehead atoms. The van der Waals surface area contributed by atoms with Crippen LogP contribution in [0.4, 0.5) is 0 Å². The van der Waals surface area contributed by atoms with Gasteiger partial charge in [0.2, 0.25) is 0 Å². The summed E-state index contributed by atoms with van der Waals surface area (Å²) in [5.41, 5.74) is 2.01. The third-order valence-corrected chi connectivity index (χ3v) is 2.51. The minimum Gasteiger partial charge on any atom is -0.480 e. The van der Waals surface area contributed by atoms with Crippen LogP contribution in [0.1, 0.15) is 18.2 Å². The number of nitrogens with zero attached hydrogens (tertiary/aromatic N) is 1. The van der Waals surface area contributed by atoms with E-state index in [0.29, 0.717) is 6.54 Å². The molecule has 0 fully saturated rings. The maximum Gasteiger partial charge on any atom is 0.323 e. The average Bonchev–Trinajstić information content (AvgIpc) is 2.34. The average molecular weight is 238 g/mol. The molecule has 0 saturated heterocycles. The van der Waals surface area contributed by atoms with E-state index in [2.05, 4.69) is 10.3 Å². The number of methoxy groups -OCH3 is 1. The molecule has 1 aromatic heterocycles. The lowest BCUT2D eigenvalue weighted by molar-refractivity contribution is -0.140. The van der Waals surface area contributed by atoms with Gasteiger partial charge in [0.05, 0.1) is 12.3 Å². The van der Waals surface area contributed by atoms with Gasteiger partial charge in [-0.1, -0.05) is 13.0 Å². The number of rotatable bonds is 7. The zero-order valence-corrected chi connectivity index (χ0v) is 10.1. The number of nitrogens with one attached hydrogen (secondary N) is 1. The van der Waals surface area contributed by atoms with Gasteiger partial charge in [-0.2, -0.15) is 0 Å². The zero-order chi connectivity index (χ0) is 12.7. The van der Waals surface area contributed by atoms with Crippen LogP contribution in [0.25, 0.3) is 0 Å². The van der Waals surface area contributed by atoms with Crippen molar-refractivity contribution >= 4 is 5.97 Å². The van der Waals surface area contributed by atoms with Crippen LogP contribution in [0, 0.1) is 0 Å². The summed E-state index contributed by atoms with van der Waals surface area (Å²) < 4.78 is 4.85.